The van der Waals surface area contributed by atoms with Crippen LogP contribution < -0.4 is 10.0 Å². The molecule has 1 unspecified atom stereocenters. The van der Waals surface area contributed by atoms with Crippen LogP contribution in [0.2, 0.25) is 0 Å². The topological polar surface area (TPSA) is 75.3 Å². The minimum absolute atomic E-state index is 0.0946. The Bertz CT molecular complexity index is 762. The van der Waals surface area contributed by atoms with Gasteiger partial charge in [-0.1, -0.05) is 30.3 Å². The maximum absolute atomic E-state index is 12.8. The van der Waals surface area contributed by atoms with Crippen LogP contribution in [0.5, 0.6) is 0 Å². The van der Waals surface area contributed by atoms with Gasteiger partial charge in [0.25, 0.3) is 0 Å². The molecule has 2 rings (SSSR count). The average molecular weight is 336 g/mol. The number of carbonyl (C=O) groups is 1. The molecule has 0 fully saturated rings. The van der Waals surface area contributed by atoms with Gasteiger partial charge >= 0.3 is 0 Å². The maximum Gasteiger partial charge on any atom is 0.241 e. The molecular weight excluding hydrogens is 319 g/mol. The predicted molar refractivity (Wildman–Crippen MR) is 84.6 cm³/mol. The van der Waals surface area contributed by atoms with Gasteiger partial charge in [0.2, 0.25) is 15.9 Å². The molecule has 2 N–H and O–H groups in total. The first-order valence-electron chi connectivity index (χ1n) is 6.98. The Morgan fingerprint density at radius 3 is 2.30 bits per heavy atom. The van der Waals surface area contributed by atoms with E-state index in [2.05, 4.69) is 10.0 Å². The van der Waals surface area contributed by atoms with Gasteiger partial charge in [0, 0.05) is 0 Å². The summed E-state index contributed by atoms with van der Waals surface area (Å²) in [5.41, 5.74) is 0.919. The van der Waals surface area contributed by atoms with Crippen molar-refractivity contribution >= 4 is 15.9 Å². The fourth-order valence-corrected chi connectivity index (χ4v) is 2.96. The van der Waals surface area contributed by atoms with Crippen LogP contribution in [-0.4, -0.2) is 20.9 Å². The summed E-state index contributed by atoms with van der Waals surface area (Å²) in [5.74, 6) is -0.981. The number of halogens is 1. The lowest BCUT2D eigenvalue weighted by Gasteiger charge is -2.14. The first kappa shape index (κ1) is 17.1. The van der Waals surface area contributed by atoms with Crippen molar-refractivity contribution in [3.8, 4) is 0 Å². The fourth-order valence-electron chi connectivity index (χ4n) is 1.98. The van der Waals surface area contributed by atoms with E-state index in [9.17, 15) is 17.6 Å². The highest BCUT2D eigenvalue weighted by Gasteiger charge is 2.16. The van der Waals surface area contributed by atoms with Gasteiger partial charge in [-0.2, -0.15) is 0 Å². The van der Waals surface area contributed by atoms with Crippen molar-refractivity contribution in [2.75, 3.05) is 6.54 Å². The predicted octanol–water partition coefficient (Wildman–Crippen LogP) is 1.98. The highest BCUT2D eigenvalue weighted by molar-refractivity contribution is 7.89. The van der Waals surface area contributed by atoms with Crippen molar-refractivity contribution in [3.05, 3.63) is 66.0 Å². The Hall–Kier alpha value is -2.25. The molecule has 0 heterocycles. The Labute approximate surface area is 134 Å². The molecule has 0 saturated carbocycles. The quantitative estimate of drug-likeness (QED) is 0.847. The van der Waals surface area contributed by atoms with Gasteiger partial charge in [0.1, 0.15) is 5.82 Å². The Morgan fingerprint density at radius 2 is 1.70 bits per heavy atom. The van der Waals surface area contributed by atoms with E-state index < -0.39 is 28.3 Å². The van der Waals surface area contributed by atoms with Gasteiger partial charge in [-0.3, -0.25) is 4.79 Å². The summed E-state index contributed by atoms with van der Waals surface area (Å²) in [4.78, 5) is 11.8. The molecule has 0 aromatic heterocycles. The molecule has 23 heavy (non-hydrogen) atoms. The largest absolute Gasteiger partial charge is 0.348 e. The second kappa shape index (κ2) is 7.34. The molecule has 0 aliphatic rings. The molecule has 122 valence electrons. The van der Waals surface area contributed by atoms with E-state index in [0.717, 1.165) is 29.8 Å². The van der Waals surface area contributed by atoms with Gasteiger partial charge in [0.15, 0.2) is 0 Å². The van der Waals surface area contributed by atoms with Crippen molar-refractivity contribution < 1.29 is 17.6 Å². The molecule has 0 bridgehead atoms. The molecule has 0 spiro atoms. The molecule has 0 aliphatic heterocycles. The van der Waals surface area contributed by atoms with Crippen LogP contribution in [0.15, 0.2) is 59.5 Å². The lowest BCUT2D eigenvalue weighted by molar-refractivity contribution is -0.120. The number of sulfonamides is 1. The molecule has 7 heteroatoms. The second-order valence-electron chi connectivity index (χ2n) is 4.98. The molecule has 2 aromatic carbocycles. The smallest absolute Gasteiger partial charge is 0.241 e. The fraction of sp³-hybridized carbons (Fsp3) is 0.188. The molecule has 0 radical (unpaired) electrons. The van der Waals surface area contributed by atoms with Gasteiger partial charge in [0.05, 0.1) is 17.5 Å². The summed E-state index contributed by atoms with van der Waals surface area (Å²) in [7, 11) is -3.85. The van der Waals surface area contributed by atoms with Crippen LogP contribution in [0.3, 0.4) is 0 Å². The zero-order chi connectivity index (χ0) is 16.9. The SMILES string of the molecule is CC(NC(=O)CNS(=O)(=O)c1ccc(F)cc1)c1ccccc1. The maximum atomic E-state index is 12.8. The van der Waals surface area contributed by atoms with Gasteiger partial charge in [-0.25, -0.2) is 17.5 Å². The van der Waals surface area contributed by atoms with E-state index in [4.69, 9.17) is 0 Å². The highest BCUT2D eigenvalue weighted by atomic mass is 32.2. The minimum atomic E-state index is -3.85. The zero-order valence-electron chi connectivity index (χ0n) is 12.5. The summed E-state index contributed by atoms with van der Waals surface area (Å²) in [5, 5.41) is 2.70. The van der Waals surface area contributed by atoms with Crippen LogP contribution in [0.25, 0.3) is 0 Å². The monoisotopic (exact) mass is 336 g/mol. The number of hydrogen-bond donors (Lipinski definition) is 2. The molecule has 0 saturated heterocycles. The molecule has 1 atom stereocenters. The summed E-state index contributed by atoms with van der Waals surface area (Å²) in [6.45, 7) is 1.42. The normalized spacial score (nSPS) is 12.6. The second-order valence-corrected chi connectivity index (χ2v) is 6.75. The number of nitrogens with one attached hydrogen (secondary N) is 2. The zero-order valence-corrected chi connectivity index (χ0v) is 13.3. The lowest BCUT2D eigenvalue weighted by Crippen LogP contribution is -2.38. The number of hydrogen-bond acceptors (Lipinski definition) is 3. The summed E-state index contributed by atoms with van der Waals surface area (Å²) >= 11 is 0. The average Bonchev–Trinajstić information content (AvgIpc) is 2.54. The number of benzene rings is 2. The molecule has 1 amide bonds. The summed E-state index contributed by atoms with van der Waals surface area (Å²) < 4.78 is 39.0. The number of carbonyl (C=O) groups excluding carboxylic acids is 1. The molecule has 5 nitrogen and oxygen atoms in total. The third-order valence-electron chi connectivity index (χ3n) is 3.22. The molecule has 2 aromatic rings. The highest BCUT2D eigenvalue weighted by Crippen LogP contribution is 2.11. The van der Waals surface area contributed by atoms with Crippen LogP contribution in [0.1, 0.15) is 18.5 Å². The van der Waals surface area contributed by atoms with Gasteiger partial charge < -0.3 is 5.32 Å². The molecule has 0 aliphatic carbocycles. The van der Waals surface area contributed by atoms with Crippen molar-refractivity contribution in [1.82, 2.24) is 10.0 Å². The first-order chi connectivity index (χ1) is 10.9. The van der Waals surface area contributed by atoms with E-state index in [1.54, 1.807) is 0 Å². The van der Waals surface area contributed by atoms with Crippen molar-refractivity contribution in [2.24, 2.45) is 0 Å². The molecular formula is C16H17FN2O3S. The van der Waals surface area contributed by atoms with E-state index >= 15 is 0 Å². The number of amides is 1. The van der Waals surface area contributed by atoms with Crippen molar-refractivity contribution in [2.45, 2.75) is 17.9 Å². The van der Waals surface area contributed by atoms with Crippen LogP contribution in [0.4, 0.5) is 4.39 Å². The Morgan fingerprint density at radius 1 is 1.09 bits per heavy atom. The van der Waals surface area contributed by atoms with Gasteiger partial charge in [-0.05, 0) is 36.8 Å². The first-order valence-corrected chi connectivity index (χ1v) is 8.46. The minimum Gasteiger partial charge on any atom is -0.348 e. The Kier molecular flexibility index (Phi) is 5.46. The standard InChI is InChI=1S/C16H17FN2O3S/c1-12(13-5-3-2-4-6-13)19-16(20)11-18-23(21,22)15-9-7-14(17)8-10-15/h2-10,12,18H,11H2,1H3,(H,19,20). The number of rotatable bonds is 6. The van der Waals surface area contributed by atoms with Crippen LogP contribution >= 0.6 is 0 Å². The Balaban J connectivity index is 1.92. The van der Waals surface area contributed by atoms with E-state index in [1.165, 1.54) is 0 Å². The van der Waals surface area contributed by atoms with Crippen molar-refractivity contribution in [3.63, 3.8) is 0 Å². The third-order valence-corrected chi connectivity index (χ3v) is 4.64. The van der Waals surface area contributed by atoms with Gasteiger partial charge in [-0.15, -0.1) is 0 Å². The van der Waals surface area contributed by atoms with E-state index in [-0.39, 0.29) is 10.9 Å². The van der Waals surface area contributed by atoms with E-state index in [1.807, 2.05) is 37.3 Å². The van der Waals surface area contributed by atoms with Crippen LogP contribution in [0, 0.1) is 5.82 Å². The summed E-state index contributed by atoms with van der Waals surface area (Å²) in [6.07, 6.45) is 0. The van der Waals surface area contributed by atoms with Crippen molar-refractivity contribution in [1.29, 1.82) is 0 Å². The van der Waals surface area contributed by atoms with E-state index in [0.29, 0.717) is 0 Å². The lowest BCUT2D eigenvalue weighted by atomic mass is 10.1. The summed E-state index contributed by atoms with van der Waals surface area (Å²) in [6, 6.07) is 13.5. The van der Waals surface area contributed by atoms with Crippen LogP contribution in [-0.2, 0) is 14.8 Å². The third kappa shape index (κ3) is 4.87.